The topological polar surface area (TPSA) is 69.6 Å². The zero-order valence-electron chi connectivity index (χ0n) is 17.3. The molecule has 1 aliphatic heterocycles. The Hall–Kier alpha value is -2.32. The average molecular weight is 416 g/mol. The Balaban J connectivity index is 1.69. The molecule has 1 fully saturated rings. The molecular formula is C21H29N5O2S. The van der Waals surface area contributed by atoms with Crippen LogP contribution in [-0.4, -0.2) is 82.1 Å². The second-order valence-electron chi connectivity index (χ2n) is 7.92. The first kappa shape index (κ1) is 21.4. The van der Waals surface area contributed by atoms with E-state index >= 15 is 0 Å². The van der Waals surface area contributed by atoms with Crippen molar-refractivity contribution < 1.29 is 9.59 Å². The van der Waals surface area contributed by atoms with Crippen molar-refractivity contribution in [3.05, 3.63) is 47.8 Å². The first-order valence-electron chi connectivity index (χ1n) is 9.97. The molecule has 0 radical (unpaired) electrons. The van der Waals surface area contributed by atoms with Crippen molar-refractivity contribution in [2.24, 2.45) is 5.92 Å². The van der Waals surface area contributed by atoms with Gasteiger partial charge in [0.15, 0.2) is 5.69 Å². The van der Waals surface area contributed by atoms with Crippen molar-refractivity contribution in [2.45, 2.75) is 25.3 Å². The van der Waals surface area contributed by atoms with Crippen molar-refractivity contribution in [2.75, 3.05) is 40.8 Å². The number of carbonyl (C=O) groups is 2. The lowest BCUT2D eigenvalue weighted by molar-refractivity contribution is -0.134. The van der Waals surface area contributed by atoms with Crippen molar-refractivity contribution in [3.63, 3.8) is 0 Å². The number of hydrogen-bond acceptors (Lipinski definition) is 6. The molecule has 0 spiro atoms. The van der Waals surface area contributed by atoms with Crippen LogP contribution in [0.5, 0.6) is 0 Å². The first-order valence-corrected chi connectivity index (χ1v) is 10.7. The third kappa shape index (κ3) is 5.61. The quantitative estimate of drug-likeness (QED) is 0.692. The number of carbonyl (C=O) groups excluding carboxylic acids is 2. The number of piperidine rings is 1. The van der Waals surface area contributed by atoms with E-state index in [1.807, 2.05) is 54.0 Å². The fourth-order valence-corrected chi connectivity index (χ4v) is 4.36. The number of hydrogen-bond donors (Lipinski definition) is 0. The summed E-state index contributed by atoms with van der Waals surface area (Å²) in [5, 5.41) is 0. The average Bonchev–Trinajstić information content (AvgIpc) is 3.26. The van der Waals surface area contributed by atoms with Crippen molar-refractivity contribution >= 4 is 23.5 Å². The number of likely N-dealkylation sites (tertiary alicyclic amines) is 1. The van der Waals surface area contributed by atoms with Gasteiger partial charge in [0.05, 0.1) is 24.5 Å². The van der Waals surface area contributed by atoms with Gasteiger partial charge in [0.2, 0.25) is 5.91 Å². The van der Waals surface area contributed by atoms with Crippen LogP contribution in [0.3, 0.4) is 0 Å². The Kier molecular flexibility index (Phi) is 7.33. The summed E-state index contributed by atoms with van der Waals surface area (Å²) in [4.78, 5) is 31.0. The lowest BCUT2D eigenvalue weighted by Crippen LogP contribution is -2.50. The lowest BCUT2D eigenvalue weighted by Gasteiger charge is -2.40. The molecule has 8 heteroatoms. The van der Waals surface area contributed by atoms with Gasteiger partial charge in [0.1, 0.15) is 0 Å². The zero-order valence-corrected chi connectivity index (χ0v) is 18.1. The van der Waals surface area contributed by atoms with E-state index in [0.717, 1.165) is 31.0 Å². The predicted molar refractivity (Wildman–Crippen MR) is 114 cm³/mol. The fraction of sp³-hybridized carbons (Fsp3) is 0.524. The molecule has 7 nitrogen and oxygen atoms in total. The van der Waals surface area contributed by atoms with Gasteiger partial charge >= 0.3 is 0 Å². The molecule has 1 aliphatic rings. The number of nitrogens with zero attached hydrogens (tertiary/aromatic N) is 5. The minimum absolute atomic E-state index is 0.0474. The van der Waals surface area contributed by atoms with Crippen molar-refractivity contribution in [1.82, 2.24) is 23.4 Å². The number of amides is 2. The van der Waals surface area contributed by atoms with Gasteiger partial charge < -0.3 is 14.7 Å². The molecule has 156 valence electrons. The summed E-state index contributed by atoms with van der Waals surface area (Å²) in [6, 6.07) is 10.4. The highest BCUT2D eigenvalue weighted by molar-refractivity contribution is 6.99. The van der Waals surface area contributed by atoms with Crippen LogP contribution in [0.1, 0.15) is 28.9 Å². The molecular weight excluding hydrogens is 386 g/mol. The molecule has 0 aliphatic carbocycles. The second-order valence-corrected chi connectivity index (χ2v) is 8.48. The third-order valence-electron chi connectivity index (χ3n) is 5.58. The van der Waals surface area contributed by atoms with Crippen molar-refractivity contribution in [3.8, 4) is 0 Å². The maximum absolute atomic E-state index is 12.8. The minimum atomic E-state index is -0.0474. The summed E-state index contributed by atoms with van der Waals surface area (Å²) in [5.74, 6) is 0.431. The van der Waals surface area contributed by atoms with E-state index in [4.69, 9.17) is 0 Å². The highest BCUT2D eigenvalue weighted by atomic mass is 32.1. The van der Waals surface area contributed by atoms with E-state index in [2.05, 4.69) is 20.9 Å². The summed E-state index contributed by atoms with van der Waals surface area (Å²) in [6.45, 7) is 1.76. The summed E-state index contributed by atoms with van der Waals surface area (Å²) >= 11 is 1.05. The second kappa shape index (κ2) is 9.93. The van der Waals surface area contributed by atoms with Gasteiger partial charge in [-0.1, -0.05) is 30.3 Å². The largest absolute Gasteiger partial charge is 0.341 e. The lowest BCUT2D eigenvalue weighted by atomic mass is 9.85. The number of aromatic nitrogens is 2. The van der Waals surface area contributed by atoms with Gasteiger partial charge in [0, 0.05) is 26.2 Å². The van der Waals surface area contributed by atoms with E-state index < -0.39 is 0 Å². The van der Waals surface area contributed by atoms with E-state index in [0.29, 0.717) is 31.2 Å². The van der Waals surface area contributed by atoms with Crippen LogP contribution >= 0.6 is 11.7 Å². The number of rotatable bonds is 7. The molecule has 1 atom stereocenters. The van der Waals surface area contributed by atoms with Crippen molar-refractivity contribution in [1.29, 1.82) is 0 Å². The van der Waals surface area contributed by atoms with Gasteiger partial charge in [-0.05, 0) is 44.8 Å². The molecule has 1 aromatic heterocycles. The highest BCUT2D eigenvalue weighted by Crippen LogP contribution is 2.27. The van der Waals surface area contributed by atoms with Crippen LogP contribution in [0.4, 0.5) is 0 Å². The molecule has 0 saturated carbocycles. The van der Waals surface area contributed by atoms with Crippen LogP contribution in [0, 0.1) is 5.92 Å². The Bertz CT molecular complexity index is 789. The molecule has 2 amide bonds. The summed E-state index contributed by atoms with van der Waals surface area (Å²) in [6.07, 6.45) is 4.11. The van der Waals surface area contributed by atoms with Gasteiger partial charge in [-0.3, -0.25) is 9.59 Å². The summed E-state index contributed by atoms with van der Waals surface area (Å²) in [5.41, 5.74) is 1.65. The fourth-order valence-electron chi connectivity index (χ4n) is 3.95. The highest BCUT2D eigenvalue weighted by Gasteiger charge is 2.33. The summed E-state index contributed by atoms with van der Waals surface area (Å²) in [7, 11) is 5.74. The molecule has 29 heavy (non-hydrogen) atoms. The van der Waals surface area contributed by atoms with E-state index in [9.17, 15) is 9.59 Å². The Morgan fingerprint density at radius 1 is 1.17 bits per heavy atom. The smallest absolute Gasteiger partial charge is 0.275 e. The monoisotopic (exact) mass is 415 g/mol. The van der Waals surface area contributed by atoms with Crippen LogP contribution in [-0.2, 0) is 11.2 Å². The predicted octanol–water partition coefficient (Wildman–Crippen LogP) is 2.02. The van der Waals surface area contributed by atoms with Crippen LogP contribution < -0.4 is 0 Å². The maximum Gasteiger partial charge on any atom is 0.275 e. The Morgan fingerprint density at radius 3 is 2.45 bits per heavy atom. The molecule has 1 saturated heterocycles. The normalized spacial score (nSPS) is 16.1. The molecule has 0 unspecified atom stereocenters. The molecule has 2 aromatic rings. The molecule has 3 rings (SSSR count). The van der Waals surface area contributed by atoms with E-state index in [1.165, 1.54) is 11.8 Å². The standard InChI is InChI=1S/C21H29N5O2S/c1-24(2)15-20(27)25(3)19(13-16-7-5-4-6-8-16)17-9-11-26(12-10-17)21(28)18-14-22-29-23-18/h4-8,14,17,19H,9-13,15H2,1-3H3/t19-/m1/s1. The summed E-state index contributed by atoms with van der Waals surface area (Å²) < 4.78 is 7.99. The minimum Gasteiger partial charge on any atom is -0.341 e. The number of likely N-dealkylation sites (N-methyl/N-ethyl adjacent to an activating group) is 2. The Morgan fingerprint density at radius 2 is 1.86 bits per heavy atom. The molecule has 2 heterocycles. The molecule has 0 N–H and O–H groups in total. The van der Waals surface area contributed by atoms with Crippen LogP contribution in [0.25, 0.3) is 0 Å². The molecule has 1 aromatic carbocycles. The van der Waals surface area contributed by atoms with E-state index in [-0.39, 0.29) is 17.9 Å². The zero-order chi connectivity index (χ0) is 20.8. The van der Waals surface area contributed by atoms with Crippen LogP contribution in [0.15, 0.2) is 36.5 Å². The van der Waals surface area contributed by atoms with Gasteiger partial charge in [-0.2, -0.15) is 8.75 Å². The van der Waals surface area contributed by atoms with Gasteiger partial charge in [-0.15, -0.1) is 0 Å². The molecule has 0 bridgehead atoms. The number of benzene rings is 1. The third-order valence-corrected chi connectivity index (χ3v) is 6.06. The SMILES string of the molecule is CN(C)CC(=O)N(C)[C@H](Cc1ccccc1)C1CCN(C(=O)c2cnsn2)CC1. The van der Waals surface area contributed by atoms with Gasteiger partial charge in [-0.25, -0.2) is 0 Å². The maximum atomic E-state index is 12.8. The first-order chi connectivity index (χ1) is 14.0. The van der Waals surface area contributed by atoms with Gasteiger partial charge in [0.25, 0.3) is 5.91 Å². The van der Waals surface area contributed by atoms with Crippen LogP contribution in [0.2, 0.25) is 0 Å². The Labute approximate surface area is 176 Å². The van der Waals surface area contributed by atoms with E-state index in [1.54, 1.807) is 0 Å².